The zero-order valence-corrected chi connectivity index (χ0v) is 13.3. The van der Waals surface area contributed by atoms with Crippen molar-refractivity contribution in [2.24, 2.45) is 0 Å². The largest absolute Gasteiger partial charge is 0.323 e. The van der Waals surface area contributed by atoms with Crippen molar-refractivity contribution in [3.63, 3.8) is 0 Å². The van der Waals surface area contributed by atoms with Crippen molar-refractivity contribution >= 4 is 5.78 Å². The Morgan fingerprint density at radius 3 is 2.58 bits per heavy atom. The smallest absolute Gasteiger partial charge is 0.279 e. The average molecular weight is 320 g/mol. The van der Waals surface area contributed by atoms with Crippen LogP contribution in [0.5, 0.6) is 0 Å². The van der Waals surface area contributed by atoms with Crippen molar-refractivity contribution in [1.82, 2.24) is 29.4 Å². The number of benzene rings is 1. The zero-order chi connectivity index (χ0) is 16.7. The average Bonchev–Trinajstić information content (AvgIpc) is 3.26. The Morgan fingerprint density at radius 1 is 1.12 bits per heavy atom. The summed E-state index contributed by atoms with van der Waals surface area (Å²) in [6.45, 7) is 3.99. The molecule has 0 saturated carbocycles. The maximum atomic E-state index is 12.7. The molecule has 0 radical (unpaired) electrons. The predicted molar refractivity (Wildman–Crippen MR) is 90.3 cm³/mol. The summed E-state index contributed by atoms with van der Waals surface area (Å²) in [4.78, 5) is 20.0. The quantitative estimate of drug-likeness (QED) is 0.628. The number of rotatable bonds is 3. The summed E-state index contributed by atoms with van der Waals surface area (Å²) in [5.41, 5.74) is 3.22. The van der Waals surface area contributed by atoms with Crippen LogP contribution in [0.3, 0.4) is 0 Å². The summed E-state index contributed by atoms with van der Waals surface area (Å²) in [5, 5.41) is 8.21. The molecule has 4 rings (SSSR count). The lowest BCUT2D eigenvalue weighted by Gasteiger charge is -2.13. The van der Waals surface area contributed by atoms with Gasteiger partial charge >= 0.3 is 0 Å². The molecule has 0 fully saturated rings. The van der Waals surface area contributed by atoms with E-state index >= 15 is 0 Å². The number of fused-ring (bicyclic) bond motifs is 1. The zero-order valence-electron chi connectivity index (χ0n) is 13.3. The maximum absolute atomic E-state index is 12.7. The summed E-state index contributed by atoms with van der Waals surface area (Å²) >= 11 is 0. The molecule has 0 unspecified atom stereocenters. The van der Waals surface area contributed by atoms with Gasteiger partial charge in [-0.3, -0.25) is 4.79 Å². The first-order chi connectivity index (χ1) is 11.6. The second-order valence-corrected chi connectivity index (χ2v) is 5.87. The Balaban J connectivity index is 1.89. The highest BCUT2D eigenvalue weighted by Crippen LogP contribution is 2.26. The number of hydrogen-bond donors (Lipinski definition) is 1. The number of nitrogens with zero attached hydrogens (tertiary/aromatic N) is 5. The Labute approximate surface area is 137 Å². The van der Waals surface area contributed by atoms with Gasteiger partial charge in [-0.15, -0.1) is 0 Å². The molecule has 7 nitrogen and oxygen atoms in total. The number of aromatic amines is 1. The van der Waals surface area contributed by atoms with Crippen LogP contribution in [0.25, 0.3) is 22.7 Å². The van der Waals surface area contributed by atoms with Gasteiger partial charge in [0, 0.05) is 18.0 Å². The van der Waals surface area contributed by atoms with E-state index in [9.17, 15) is 4.79 Å². The van der Waals surface area contributed by atoms with Crippen LogP contribution in [-0.4, -0.2) is 29.4 Å². The molecule has 0 bridgehead atoms. The van der Waals surface area contributed by atoms with Gasteiger partial charge in [0.05, 0.1) is 11.4 Å². The third-order valence-corrected chi connectivity index (χ3v) is 3.98. The van der Waals surface area contributed by atoms with E-state index in [1.807, 2.05) is 50.4 Å². The Kier molecular flexibility index (Phi) is 3.26. The third kappa shape index (κ3) is 2.21. The van der Waals surface area contributed by atoms with Gasteiger partial charge < -0.3 is 4.98 Å². The normalized spacial score (nSPS) is 11.5. The predicted octanol–water partition coefficient (Wildman–Crippen LogP) is 2.39. The van der Waals surface area contributed by atoms with E-state index in [1.54, 1.807) is 10.9 Å². The molecule has 4 aromatic rings. The highest BCUT2D eigenvalue weighted by Gasteiger charge is 2.17. The molecule has 0 spiro atoms. The molecule has 0 atom stereocenters. The van der Waals surface area contributed by atoms with Gasteiger partial charge in [0.1, 0.15) is 6.33 Å². The fourth-order valence-electron chi connectivity index (χ4n) is 2.84. The van der Waals surface area contributed by atoms with Crippen LogP contribution in [0.1, 0.15) is 25.3 Å². The van der Waals surface area contributed by atoms with Gasteiger partial charge in [0.2, 0.25) is 5.78 Å². The third-order valence-electron chi connectivity index (χ3n) is 3.98. The van der Waals surface area contributed by atoms with Gasteiger partial charge in [0.25, 0.3) is 5.56 Å². The lowest BCUT2D eigenvalue weighted by atomic mass is 9.98. The van der Waals surface area contributed by atoms with Crippen molar-refractivity contribution in [2.75, 3.05) is 0 Å². The second-order valence-electron chi connectivity index (χ2n) is 5.87. The molecule has 3 heterocycles. The Hall–Kier alpha value is -3.22. The van der Waals surface area contributed by atoms with Gasteiger partial charge in [-0.05, 0) is 29.7 Å². The van der Waals surface area contributed by atoms with Crippen molar-refractivity contribution < 1.29 is 0 Å². The first-order valence-electron chi connectivity index (χ1n) is 7.71. The van der Waals surface area contributed by atoms with E-state index in [0.29, 0.717) is 11.3 Å². The first kappa shape index (κ1) is 14.4. The van der Waals surface area contributed by atoms with E-state index in [4.69, 9.17) is 0 Å². The molecule has 0 aliphatic heterocycles. The monoisotopic (exact) mass is 320 g/mol. The van der Waals surface area contributed by atoms with Crippen molar-refractivity contribution in [1.29, 1.82) is 0 Å². The molecule has 3 aromatic heterocycles. The standard InChI is InChI=1S/C17H16N6O/c1-11(2)14-15(21-17-18-10-20-23(17)16(14)24)12-4-6-13(7-5-12)22-9-3-8-19-22/h3-11H,1-2H3,(H,18,20,21). The van der Waals surface area contributed by atoms with Gasteiger partial charge in [-0.1, -0.05) is 26.0 Å². The molecule has 0 aliphatic carbocycles. The summed E-state index contributed by atoms with van der Waals surface area (Å²) in [6.07, 6.45) is 5.00. The number of hydrogen-bond acceptors (Lipinski definition) is 4. The molecular weight excluding hydrogens is 304 g/mol. The minimum Gasteiger partial charge on any atom is -0.323 e. The van der Waals surface area contributed by atoms with Gasteiger partial charge in [-0.2, -0.15) is 19.7 Å². The van der Waals surface area contributed by atoms with Crippen LogP contribution in [-0.2, 0) is 0 Å². The van der Waals surface area contributed by atoms with Crippen molar-refractivity contribution in [3.8, 4) is 16.9 Å². The Morgan fingerprint density at radius 2 is 1.92 bits per heavy atom. The first-order valence-corrected chi connectivity index (χ1v) is 7.71. The summed E-state index contributed by atoms with van der Waals surface area (Å²) in [5.74, 6) is 0.499. The topological polar surface area (TPSA) is 80.9 Å². The van der Waals surface area contributed by atoms with Crippen LogP contribution < -0.4 is 5.56 Å². The molecular formula is C17H16N6O. The van der Waals surface area contributed by atoms with Crippen LogP contribution in [0.15, 0.2) is 53.8 Å². The molecule has 1 aromatic carbocycles. The molecule has 24 heavy (non-hydrogen) atoms. The van der Waals surface area contributed by atoms with E-state index < -0.39 is 0 Å². The summed E-state index contributed by atoms with van der Waals surface area (Å²) in [7, 11) is 0. The molecule has 120 valence electrons. The lowest BCUT2D eigenvalue weighted by molar-refractivity contribution is 0.797. The molecule has 1 N–H and O–H groups in total. The molecule has 0 aliphatic rings. The number of aromatic nitrogens is 6. The Bertz CT molecular complexity index is 1040. The van der Waals surface area contributed by atoms with E-state index in [2.05, 4.69) is 20.2 Å². The van der Waals surface area contributed by atoms with Crippen LogP contribution >= 0.6 is 0 Å². The highest BCUT2D eigenvalue weighted by molar-refractivity contribution is 5.66. The van der Waals surface area contributed by atoms with E-state index in [0.717, 1.165) is 16.9 Å². The number of nitrogens with one attached hydrogen (secondary N) is 1. The minimum absolute atomic E-state index is 0.0585. The van der Waals surface area contributed by atoms with E-state index in [1.165, 1.54) is 10.8 Å². The van der Waals surface area contributed by atoms with Gasteiger partial charge in [-0.25, -0.2) is 4.68 Å². The summed E-state index contributed by atoms with van der Waals surface area (Å²) < 4.78 is 3.09. The molecule has 7 heteroatoms. The SMILES string of the molecule is CC(C)c1c(-c2ccc(-n3cccn3)cc2)[nH]c2ncnn2c1=O. The van der Waals surface area contributed by atoms with Crippen molar-refractivity contribution in [3.05, 3.63) is 65.0 Å². The fraction of sp³-hybridized carbons (Fsp3) is 0.176. The molecule has 0 amide bonds. The van der Waals surface area contributed by atoms with Crippen molar-refractivity contribution in [2.45, 2.75) is 19.8 Å². The number of H-pyrrole nitrogens is 1. The van der Waals surface area contributed by atoms with Gasteiger partial charge in [0.15, 0.2) is 0 Å². The van der Waals surface area contributed by atoms with Crippen LogP contribution in [0.4, 0.5) is 0 Å². The maximum Gasteiger partial charge on any atom is 0.279 e. The molecule has 0 saturated heterocycles. The lowest BCUT2D eigenvalue weighted by Crippen LogP contribution is -2.22. The van der Waals surface area contributed by atoms with Crippen LogP contribution in [0, 0.1) is 0 Å². The van der Waals surface area contributed by atoms with Crippen LogP contribution in [0.2, 0.25) is 0 Å². The van der Waals surface area contributed by atoms with E-state index in [-0.39, 0.29) is 11.5 Å². The second kappa shape index (κ2) is 5.45. The summed E-state index contributed by atoms with van der Waals surface area (Å²) in [6, 6.07) is 9.76. The minimum atomic E-state index is -0.137. The fourth-order valence-corrected chi connectivity index (χ4v) is 2.84. The highest BCUT2D eigenvalue weighted by atomic mass is 16.1.